The van der Waals surface area contributed by atoms with E-state index in [1.165, 1.54) is 0 Å². The third-order valence-corrected chi connectivity index (χ3v) is 0. The Morgan fingerprint density at radius 3 is 1.20 bits per heavy atom. The Labute approximate surface area is 89.8 Å². The van der Waals surface area contributed by atoms with Crippen molar-refractivity contribution >= 4 is 9.90 Å². The average Bonchev–Trinajstić information content (AvgIpc) is 1.00. The summed E-state index contributed by atoms with van der Waals surface area (Å²) in [4.78, 5) is 0. The van der Waals surface area contributed by atoms with E-state index < -0.39 is 0 Å². The van der Waals surface area contributed by atoms with Crippen molar-refractivity contribution in [3.05, 3.63) is 0 Å². The predicted octanol–water partition coefficient (Wildman–Crippen LogP) is -0.0657. The van der Waals surface area contributed by atoms with Crippen LogP contribution in [-0.4, -0.2) is 0 Å². The fraction of sp³-hybridized carbons (Fsp3) is 0. The van der Waals surface area contributed by atoms with Crippen molar-refractivity contribution in [3.8, 4) is 0 Å². The zero-order valence-electron chi connectivity index (χ0n) is 2.55. The second-order valence-corrected chi connectivity index (χ2v) is 0. The first-order valence-electron chi connectivity index (χ1n) is 0.144. The van der Waals surface area contributed by atoms with E-state index in [9.17, 15) is 0 Å². The maximum Gasteiger partial charge on any atom is 0 e. The van der Waals surface area contributed by atoms with Gasteiger partial charge in [-0.15, -0.1) is 0 Å². The van der Waals surface area contributed by atoms with Crippen LogP contribution in [0.1, 0.15) is 0 Å². The van der Waals surface area contributed by atoms with E-state index in [0.29, 0.717) is 0 Å². The summed E-state index contributed by atoms with van der Waals surface area (Å²) in [5, 5.41) is 0. The van der Waals surface area contributed by atoms with Crippen LogP contribution in [0.25, 0.3) is 0 Å². The predicted molar refractivity (Wildman–Crippen MR) is 11.8 cm³/mol. The van der Waals surface area contributed by atoms with Crippen LogP contribution in [0.4, 0.5) is 0 Å². The minimum absolute atomic E-state index is 0. The zero-order chi connectivity index (χ0) is 2.00. The van der Waals surface area contributed by atoms with E-state index in [4.69, 9.17) is 3.83 Å². The van der Waals surface area contributed by atoms with E-state index >= 15 is 0 Å². The van der Waals surface area contributed by atoms with Crippen LogP contribution in [-0.2, 0) is 46.0 Å². The van der Waals surface area contributed by atoms with Crippen molar-refractivity contribution in [2.45, 2.75) is 0 Å². The Hall–Kier alpha value is 2.83. The molecule has 1 radical (unpaired) electrons. The van der Waals surface area contributed by atoms with Gasteiger partial charge in [-0.1, -0.05) is 0 Å². The minimum atomic E-state index is 0. The van der Waals surface area contributed by atoms with Gasteiger partial charge in [0.05, 0.1) is 0 Å². The second-order valence-electron chi connectivity index (χ2n) is 0. The van der Waals surface area contributed by atoms with Crippen molar-refractivity contribution in [2.75, 3.05) is 0 Å². The molecule has 0 saturated carbocycles. The summed E-state index contributed by atoms with van der Waals surface area (Å²) >= 11 is 2.00. The summed E-state index contributed by atoms with van der Waals surface area (Å²) in [5.74, 6) is 0. The first kappa shape index (κ1) is 24.9. The number of rotatable bonds is 0. The molecule has 0 aromatic heterocycles. The Morgan fingerprint density at radius 1 is 1.20 bits per heavy atom. The molecule has 1 unspecified atom stereocenters. The van der Waals surface area contributed by atoms with Crippen LogP contribution in [0.5, 0.6) is 0 Å². The van der Waals surface area contributed by atoms with Crippen molar-refractivity contribution < 1.29 is 81.6 Å². The van der Waals surface area contributed by atoms with Gasteiger partial charge in [0, 0.05) is 61.8 Å². The van der Waals surface area contributed by atoms with Gasteiger partial charge in [-0.25, -0.2) is 0 Å². The third-order valence-electron chi connectivity index (χ3n) is 0. The largest absolute Gasteiger partial charge is 0 e. The smallest absolute Gasteiger partial charge is 0 e. The maximum atomic E-state index is 8.00. The first-order chi connectivity index (χ1) is 1.00. The van der Waals surface area contributed by atoms with E-state index in [0.717, 1.165) is 0 Å². The summed E-state index contributed by atoms with van der Waals surface area (Å²) in [6.07, 6.45) is 0. The number of hydrogen-bond acceptors (Lipinski definition) is 1. The molecular formula is H3FeLaOPZr. The van der Waals surface area contributed by atoms with Crippen LogP contribution in [0.3, 0.4) is 0 Å². The summed E-state index contributed by atoms with van der Waals surface area (Å²) in [6.45, 7) is 0. The molecule has 0 rings (SSSR count). The maximum absolute atomic E-state index is 8.00. The van der Waals surface area contributed by atoms with E-state index in [1.807, 2.05) is 15.9 Å². The monoisotopic (exact) mass is 335 g/mol. The van der Waals surface area contributed by atoms with Crippen LogP contribution in [0.15, 0.2) is 0 Å². The topological polar surface area (TPSA) is 17.1 Å². The van der Waals surface area contributed by atoms with Gasteiger partial charge in [-0.2, -0.15) is 9.90 Å². The van der Waals surface area contributed by atoms with Gasteiger partial charge in [0.15, 0.2) is 0 Å². The molecule has 1 atom stereocenters. The van der Waals surface area contributed by atoms with Gasteiger partial charge in [0.1, 0.15) is 0 Å². The molecule has 0 N–H and O–H groups in total. The molecule has 0 bridgehead atoms. The summed E-state index contributed by atoms with van der Waals surface area (Å²) in [6, 6.07) is 0. The average molecular weight is 336 g/mol. The van der Waals surface area contributed by atoms with Gasteiger partial charge < -0.3 is 0 Å². The molecule has 0 amide bonds. The molecular weight excluding hydrogens is 333 g/mol. The third kappa shape index (κ3) is 19.9. The van der Waals surface area contributed by atoms with E-state index in [2.05, 4.69) is 0 Å². The molecule has 0 aromatic rings. The molecule has 0 fully saturated rings. The fourth-order valence-corrected chi connectivity index (χ4v) is 0. The second kappa shape index (κ2) is 29.0. The van der Waals surface area contributed by atoms with Gasteiger partial charge in [-0.05, 0) is 0 Å². The van der Waals surface area contributed by atoms with Gasteiger partial charge in [-0.3, -0.25) is 0 Å². The van der Waals surface area contributed by atoms with E-state index in [1.54, 1.807) is 0 Å². The molecule has 0 aliphatic rings. The van der Waals surface area contributed by atoms with Gasteiger partial charge in [0.2, 0.25) is 0 Å². The first-order valence-corrected chi connectivity index (χ1v) is 0.595. The molecule has 0 saturated heterocycles. The normalized spacial score (nSPS) is 1.00. The molecule has 0 spiro atoms. The molecule has 0 heterocycles. The van der Waals surface area contributed by atoms with Gasteiger partial charge in [0.25, 0.3) is 0 Å². The SMILES string of the molecule is P.[La].[O]=[Fe].[Zr]. The zero-order valence-corrected chi connectivity index (χ0v) is 11.1. The van der Waals surface area contributed by atoms with Crippen molar-refractivity contribution in [1.82, 2.24) is 0 Å². The quantitative estimate of drug-likeness (QED) is 0.447. The van der Waals surface area contributed by atoms with Crippen molar-refractivity contribution in [2.24, 2.45) is 0 Å². The van der Waals surface area contributed by atoms with Crippen LogP contribution >= 0.6 is 9.90 Å². The molecule has 0 aliphatic heterocycles. The van der Waals surface area contributed by atoms with Crippen LogP contribution in [0, 0.1) is 35.6 Å². The van der Waals surface area contributed by atoms with Crippen molar-refractivity contribution in [3.63, 3.8) is 0 Å². The van der Waals surface area contributed by atoms with Crippen molar-refractivity contribution in [1.29, 1.82) is 0 Å². The molecule has 29 valence electrons. The molecule has 0 aliphatic carbocycles. The minimum Gasteiger partial charge on any atom is 0 e. The Balaban J connectivity index is -0.00000000167. The summed E-state index contributed by atoms with van der Waals surface area (Å²) < 4.78 is 8.00. The van der Waals surface area contributed by atoms with Crippen LogP contribution in [0.2, 0.25) is 0 Å². The summed E-state index contributed by atoms with van der Waals surface area (Å²) in [5.41, 5.74) is 0. The molecule has 1 nitrogen and oxygen atoms in total. The summed E-state index contributed by atoms with van der Waals surface area (Å²) in [7, 11) is 0. The Morgan fingerprint density at radius 2 is 1.20 bits per heavy atom. The molecule has 5 heteroatoms. The number of hydrogen-bond donors (Lipinski definition) is 0. The Kier molecular flexibility index (Phi) is 144. The van der Waals surface area contributed by atoms with E-state index in [-0.39, 0.29) is 71.7 Å². The fourth-order valence-electron chi connectivity index (χ4n) is 0. The standard InChI is InChI=1S/Fe.La.O.H3P.Zr/h;;;1H3;. The Bertz CT molecular complexity index is 11.6. The molecule has 0 aromatic carbocycles. The van der Waals surface area contributed by atoms with Crippen LogP contribution < -0.4 is 0 Å². The molecule has 5 heavy (non-hydrogen) atoms. The van der Waals surface area contributed by atoms with Gasteiger partial charge >= 0.3 is 19.8 Å².